The van der Waals surface area contributed by atoms with E-state index >= 15 is 0 Å². The van der Waals surface area contributed by atoms with Crippen LogP contribution in [0.25, 0.3) is 0 Å². The first-order chi connectivity index (χ1) is 1.73. The molecule has 0 aromatic heterocycles. The van der Waals surface area contributed by atoms with E-state index in [4.69, 9.17) is 10.4 Å². The van der Waals surface area contributed by atoms with Crippen LogP contribution in [0.2, 0.25) is 0 Å². The molecule has 3 N–H and O–H groups in total. The fourth-order valence-electron chi connectivity index (χ4n) is 0. The molecule has 0 aromatic rings. The van der Waals surface area contributed by atoms with E-state index in [9.17, 15) is 0 Å². The van der Waals surface area contributed by atoms with Gasteiger partial charge in [-0.05, 0) is 22.0 Å². The van der Waals surface area contributed by atoms with Gasteiger partial charge in [0, 0.05) is 0 Å². The first-order valence-corrected chi connectivity index (χ1v) is 4.78. The van der Waals surface area contributed by atoms with Crippen molar-refractivity contribution in [2.24, 2.45) is 5.50 Å². The quantitative estimate of drug-likeness (QED) is 0.434. The molecule has 1 unspecified atom stereocenters. The van der Waals surface area contributed by atoms with Crippen LogP contribution in [0.4, 0.5) is 0 Å². The Hall–Kier alpha value is 1.08. The Morgan fingerprint density at radius 3 is 2.00 bits per heavy atom. The number of nitrogens with two attached hydrogens (primary N) is 1. The third-order valence-electron chi connectivity index (χ3n) is 0. The second-order valence-electron chi connectivity index (χ2n) is 0.289. The predicted octanol–water partition coefficient (Wildman–Crippen LogP) is 0.599. The first-order valence-electron chi connectivity index (χ1n) is 0.627. The number of rotatable bonds is 0. The maximum Gasteiger partial charge on any atom is 0.164 e. The van der Waals surface area contributed by atoms with Gasteiger partial charge >= 0.3 is 0 Å². The summed E-state index contributed by atoms with van der Waals surface area (Å²) in [5.41, 5.74) is 4.72. The minimum atomic E-state index is -1.15. The summed E-state index contributed by atoms with van der Waals surface area (Å²) < 4.78 is 0. The SMILES string of the molecule is NP(O)I. The van der Waals surface area contributed by atoms with Crippen molar-refractivity contribution in [3.63, 3.8) is 0 Å². The van der Waals surface area contributed by atoms with Crippen LogP contribution in [0, 0.1) is 0 Å². The largest absolute Gasteiger partial charge is 0.352 e. The highest BCUT2D eigenvalue weighted by Crippen LogP contribution is 2.28. The Morgan fingerprint density at radius 1 is 2.00 bits per heavy atom. The lowest BCUT2D eigenvalue weighted by molar-refractivity contribution is 0.645. The average Bonchev–Trinajstić information content (AvgIpc) is 0.811. The van der Waals surface area contributed by atoms with Crippen molar-refractivity contribution >= 4 is 28.0 Å². The standard InChI is InChI=1S/H3INOP/c1-4(2)3/h3H,2H2. The van der Waals surface area contributed by atoms with Crippen molar-refractivity contribution < 1.29 is 4.89 Å². The fourth-order valence-corrected chi connectivity index (χ4v) is 0. The molecule has 0 saturated carbocycles. The highest BCUT2D eigenvalue weighted by atomic mass is 127. The van der Waals surface area contributed by atoms with E-state index in [0.717, 1.165) is 0 Å². The van der Waals surface area contributed by atoms with Gasteiger partial charge in [0.15, 0.2) is 5.94 Å². The van der Waals surface area contributed by atoms with Gasteiger partial charge in [-0.1, -0.05) is 0 Å². The van der Waals surface area contributed by atoms with Crippen LogP contribution in [-0.2, 0) is 0 Å². The Balaban J connectivity index is 2.32. The van der Waals surface area contributed by atoms with Crippen LogP contribution in [-0.4, -0.2) is 4.89 Å². The molecule has 0 aromatic carbocycles. The highest BCUT2D eigenvalue weighted by molar-refractivity contribution is 14.2. The van der Waals surface area contributed by atoms with Gasteiger partial charge in [0.05, 0.1) is 0 Å². The molecule has 0 saturated heterocycles. The Bertz CT molecular complexity index is 12.8. The van der Waals surface area contributed by atoms with Gasteiger partial charge in [0.1, 0.15) is 0 Å². The third kappa shape index (κ3) is 11.4. The monoisotopic (exact) mass is 191 g/mol. The molecule has 0 aliphatic heterocycles. The summed E-state index contributed by atoms with van der Waals surface area (Å²) in [6.45, 7) is 0. The van der Waals surface area contributed by atoms with Crippen LogP contribution < -0.4 is 5.50 Å². The van der Waals surface area contributed by atoms with Crippen LogP contribution >= 0.6 is 28.0 Å². The zero-order valence-electron chi connectivity index (χ0n) is 1.85. The van der Waals surface area contributed by atoms with E-state index in [1.165, 1.54) is 0 Å². The maximum atomic E-state index is 7.88. The Labute approximate surface area is 38.8 Å². The predicted molar refractivity (Wildman–Crippen MR) is 27.3 cm³/mol. The molecular weight excluding hydrogens is 188 g/mol. The molecule has 0 aliphatic carbocycles. The molecule has 0 heterocycles. The lowest BCUT2D eigenvalue weighted by atomic mass is 13.9. The highest BCUT2D eigenvalue weighted by Gasteiger charge is 1.72. The first kappa shape index (κ1) is 5.08. The van der Waals surface area contributed by atoms with Crippen molar-refractivity contribution in [3.8, 4) is 0 Å². The van der Waals surface area contributed by atoms with E-state index in [-0.39, 0.29) is 0 Å². The molecule has 0 radical (unpaired) electrons. The summed E-state index contributed by atoms with van der Waals surface area (Å²) in [6, 6.07) is 0. The lowest BCUT2D eigenvalue weighted by Gasteiger charge is -1.77. The molecule has 0 rings (SSSR count). The van der Waals surface area contributed by atoms with Gasteiger partial charge < -0.3 is 4.89 Å². The van der Waals surface area contributed by atoms with E-state index in [1.54, 1.807) is 22.0 Å². The molecule has 0 spiro atoms. The van der Waals surface area contributed by atoms with Crippen LogP contribution in [0.15, 0.2) is 0 Å². The average molecular weight is 191 g/mol. The molecule has 4 heavy (non-hydrogen) atoms. The van der Waals surface area contributed by atoms with Gasteiger partial charge in [-0.25, -0.2) is 0 Å². The summed E-state index contributed by atoms with van der Waals surface area (Å²) in [5, 5.41) is 0. The molecule has 1 atom stereocenters. The molecule has 0 amide bonds. The summed E-state index contributed by atoms with van der Waals surface area (Å²) in [6.07, 6.45) is 0. The second kappa shape index (κ2) is 2.33. The zero-order chi connectivity index (χ0) is 3.58. The van der Waals surface area contributed by atoms with Crippen LogP contribution in [0.1, 0.15) is 0 Å². The van der Waals surface area contributed by atoms with Crippen LogP contribution in [0.5, 0.6) is 0 Å². The minimum Gasteiger partial charge on any atom is -0.352 e. The summed E-state index contributed by atoms with van der Waals surface area (Å²) >= 11 is 1.74. The number of hydrogen-bond donors (Lipinski definition) is 2. The maximum absolute atomic E-state index is 7.88. The molecule has 2 nitrogen and oxygen atoms in total. The van der Waals surface area contributed by atoms with Crippen molar-refractivity contribution in [1.82, 2.24) is 0 Å². The topological polar surface area (TPSA) is 46.2 Å². The fraction of sp³-hybridized carbons (Fsp3) is 0. The second-order valence-corrected chi connectivity index (χ2v) is 3.83. The van der Waals surface area contributed by atoms with Crippen molar-refractivity contribution in [2.75, 3.05) is 0 Å². The van der Waals surface area contributed by atoms with Gasteiger partial charge in [-0.3, -0.25) is 5.50 Å². The molecular formula is H3INOP. The van der Waals surface area contributed by atoms with Crippen molar-refractivity contribution in [2.45, 2.75) is 0 Å². The molecule has 26 valence electrons. The third-order valence-corrected chi connectivity index (χ3v) is 0. The van der Waals surface area contributed by atoms with E-state index in [1.807, 2.05) is 0 Å². The van der Waals surface area contributed by atoms with Gasteiger partial charge in [-0.15, -0.1) is 0 Å². The van der Waals surface area contributed by atoms with Crippen molar-refractivity contribution in [3.05, 3.63) is 0 Å². The number of hydrogen-bond acceptors (Lipinski definition) is 2. The lowest BCUT2D eigenvalue weighted by Crippen LogP contribution is -1.70. The van der Waals surface area contributed by atoms with Gasteiger partial charge in [0.2, 0.25) is 0 Å². The molecule has 0 bridgehead atoms. The van der Waals surface area contributed by atoms with Gasteiger partial charge in [0.25, 0.3) is 0 Å². The van der Waals surface area contributed by atoms with Crippen molar-refractivity contribution in [1.29, 1.82) is 0 Å². The zero-order valence-corrected chi connectivity index (χ0v) is 4.90. The van der Waals surface area contributed by atoms with Gasteiger partial charge in [-0.2, -0.15) is 0 Å². The Kier molecular flexibility index (Phi) is 2.95. The van der Waals surface area contributed by atoms with E-state index in [0.29, 0.717) is 0 Å². The Morgan fingerprint density at radius 2 is 2.00 bits per heavy atom. The molecule has 0 aliphatic rings. The number of halogens is 1. The normalized spacial score (nSPS) is 15.8. The molecule has 4 heteroatoms. The molecule has 0 fully saturated rings. The van der Waals surface area contributed by atoms with E-state index in [2.05, 4.69) is 0 Å². The van der Waals surface area contributed by atoms with E-state index < -0.39 is 5.94 Å². The summed E-state index contributed by atoms with van der Waals surface area (Å²) in [5.74, 6) is -1.15. The summed E-state index contributed by atoms with van der Waals surface area (Å²) in [4.78, 5) is 7.88. The smallest absolute Gasteiger partial charge is 0.164 e. The minimum absolute atomic E-state index is 1.15. The van der Waals surface area contributed by atoms with Crippen LogP contribution in [0.3, 0.4) is 0 Å². The summed E-state index contributed by atoms with van der Waals surface area (Å²) in [7, 11) is 0.